The van der Waals surface area contributed by atoms with E-state index in [4.69, 9.17) is 10.5 Å². The fraction of sp³-hybridized carbons (Fsp3) is 0.300. The van der Waals surface area contributed by atoms with E-state index >= 15 is 0 Å². The van der Waals surface area contributed by atoms with Gasteiger partial charge in [0.2, 0.25) is 0 Å². The van der Waals surface area contributed by atoms with Gasteiger partial charge in [-0.2, -0.15) is 0 Å². The van der Waals surface area contributed by atoms with Crippen LogP contribution in [0.1, 0.15) is 22.1 Å². The van der Waals surface area contributed by atoms with Crippen LogP contribution in [0.15, 0.2) is 18.2 Å². The fourth-order valence-electron chi connectivity index (χ4n) is 1.33. The van der Waals surface area contributed by atoms with Gasteiger partial charge in [-0.15, -0.1) is 12.6 Å². The molecule has 0 spiro atoms. The van der Waals surface area contributed by atoms with Crippen molar-refractivity contribution in [3.63, 3.8) is 0 Å². The highest BCUT2D eigenvalue weighted by atomic mass is 32.1. The largest absolute Gasteiger partial charge is 0.431 e. The van der Waals surface area contributed by atoms with E-state index in [2.05, 4.69) is 12.6 Å². The van der Waals surface area contributed by atoms with E-state index in [1.165, 1.54) is 0 Å². The first-order valence-electron chi connectivity index (χ1n) is 4.21. The molecule has 0 radical (unpaired) electrons. The number of carbonyl (C=O) groups is 1. The minimum Gasteiger partial charge on any atom is -0.431 e. The summed E-state index contributed by atoms with van der Waals surface area (Å²) < 4.78 is 4.75. The summed E-state index contributed by atoms with van der Waals surface area (Å²) in [4.78, 5) is 10.5. The molecule has 1 rings (SSSR count). The SMILES string of the molecule is Cc1cc(C)cc(C(S)OC(N)=O)c1. The van der Waals surface area contributed by atoms with Crippen LogP contribution in [0.2, 0.25) is 0 Å². The van der Waals surface area contributed by atoms with Crippen molar-refractivity contribution < 1.29 is 9.53 Å². The van der Waals surface area contributed by atoms with Gasteiger partial charge in [-0.3, -0.25) is 0 Å². The maximum absolute atomic E-state index is 10.5. The van der Waals surface area contributed by atoms with E-state index in [0.717, 1.165) is 16.7 Å². The quantitative estimate of drug-likeness (QED) is 0.582. The highest BCUT2D eigenvalue weighted by Gasteiger charge is 2.10. The number of ether oxygens (including phenoxy) is 1. The number of carbonyl (C=O) groups excluding carboxylic acids is 1. The summed E-state index contributed by atoms with van der Waals surface area (Å²) in [6.07, 6.45) is -0.816. The number of benzene rings is 1. The van der Waals surface area contributed by atoms with Crippen molar-refractivity contribution in [2.45, 2.75) is 19.3 Å². The second kappa shape index (κ2) is 4.37. The molecule has 0 aliphatic rings. The normalized spacial score (nSPS) is 12.2. The lowest BCUT2D eigenvalue weighted by molar-refractivity contribution is 0.147. The highest BCUT2D eigenvalue weighted by Crippen LogP contribution is 2.23. The molecule has 3 nitrogen and oxygen atoms in total. The van der Waals surface area contributed by atoms with E-state index in [1.54, 1.807) is 0 Å². The minimum absolute atomic E-state index is 0.592. The Morgan fingerprint density at radius 1 is 1.36 bits per heavy atom. The molecule has 1 atom stereocenters. The van der Waals surface area contributed by atoms with Crippen molar-refractivity contribution in [3.05, 3.63) is 34.9 Å². The third kappa shape index (κ3) is 2.96. The molecule has 0 bridgehead atoms. The van der Waals surface area contributed by atoms with Gasteiger partial charge in [-0.25, -0.2) is 4.79 Å². The zero-order valence-electron chi connectivity index (χ0n) is 8.15. The predicted octanol–water partition coefficient (Wildman–Crippen LogP) is 2.33. The van der Waals surface area contributed by atoms with Crippen molar-refractivity contribution in [2.24, 2.45) is 5.73 Å². The Balaban J connectivity index is 2.89. The van der Waals surface area contributed by atoms with Gasteiger partial charge < -0.3 is 10.5 Å². The van der Waals surface area contributed by atoms with Crippen LogP contribution in [0.25, 0.3) is 0 Å². The zero-order valence-corrected chi connectivity index (χ0v) is 9.04. The minimum atomic E-state index is -0.816. The van der Waals surface area contributed by atoms with Gasteiger partial charge in [-0.05, 0) is 13.8 Å². The van der Waals surface area contributed by atoms with Crippen molar-refractivity contribution in [2.75, 3.05) is 0 Å². The number of thiol groups is 1. The maximum Gasteiger partial charge on any atom is 0.405 e. The van der Waals surface area contributed by atoms with Gasteiger partial charge in [0, 0.05) is 5.56 Å². The number of hydrogen-bond acceptors (Lipinski definition) is 3. The van der Waals surface area contributed by atoms with E-state index in [-0.39, 0.29) is 0 Å². The molecule has 4 heteroatoms. The van der Waals surface area contributed by atoms with Crippen LogP contribution < -0.4 is 5.73 Å². The van der Waals surface area contributed by atoms with E-state index in [1.807, 2.05) is 32.0 Å². The standard InChI is InChI=1S/C10H13NO2S/c1-6-3-7(2)5-8(4-6)9(14)13-10(11)12/h3-5,9,14H,1-2H3,(H2,11,12). The van der Waals surface area contributed by atoms with Gasteiger partial charge in [0.15, 0.2) is 5.44 Å². The Hall–Kier alpha value is -1.16. The number of rotatable bonds is 2. The first-order valence-corrected chi connectivity index (χ1v) is 4.73. The van der Waals surface area contributed by atoms with Crippen LogP contribution in [0.5, 0.6) is 0 Å². The molecule has 0 saturated heterocycles. The van der Waals surface area contributed by atoms with Gasteiger partial charge >= 0.3 is 6.09 Å². The molecule has 0 aliphatic carbocycles. The maximum atomic E-state index is 10.5. The van der Waals surface area contributed by atoms with E-state index in [0.29, 0.717) is 0 Å². The molecule has 0 heterocycles. The molecule has 1 amide bonds. The van der Waals surface area contributed by atoms with Crippen LogP contribution in [-0.4, -0.2) is 6.09 Å². The smallest absolute Gasteiger partial charge is 0.405 e. The van der Waals surface area contributed by atoms with Gasteiger partial charge in [0.25, 0.3) is 0 Å². The Bertz CT molecular complexity index is 332. The Morgan fingerprint density at radius 2 is 1.86 bits per heavy atom. The zero-order chi connectivity index (χ0) is 10.7. The van der Waals surface area contributed by atoms with Crippen LogP contribution in [0, 0.1) is 13.8 Å². The molecule has 76 valence electrons. The molecule has 0 aliphatic heterocycles. The fourth-order valence-corrected chi connectivity index (χ4v) is 1.58. The van der Waals surface area contributed by atoms with Crippen molar-refractivity contribution in [3.8, 4) is 0 Å². The van der Waals surface area contributed by atoms with Gasteiger partial charge in [0.1, 0.15) is 0 Å². The topological polar surface area (TPSA) is 52.3 Å². The lowest BCUT2D eigenvalue weighted by Crippen LogP contribution is -2.14. The molecule has 14 heavy (non-hydrogen) atoms. The van der Waals surface area contributed by atoms with Gasteiger partial charge in [-0.1, -0.05) is 29.3 Å². The molecule has 1 aromatic carbocycles. The third-order valence-electron chi connectivity index (χ3n) is 1.76. The molecule has 0 aromatic heterocycles. The number of amides is 1. The van der Waals surface area contributed by atoms with Crippen LogP contribution >= 0.6 is 12.6 Å². The number of nitrogens with two attached hydrogens (primary N) is 1. The Labute approximate surface area is 88.7 Å². The molecule has 0 fully saturated rings. The summed E-state index contributed by atoms with van der Waals surface area (Å²) in [5.74, 6) is 0. The lowest BCUT2D eigenvalue weighted by atomic mass is 10.1. The number of primary amides is 1. The van der Waals surface area contributed by atoms with Crippen LogP contribution in [0.4, 0.5) is 4.79 Å². The van der Waals surface area contributed by atoms with Crippen molar-refractivity contribution in [1.82, 2.24) is 0 Å². The first-order chi connectivity index (χ1) is 6.49. The Kier molecular flexibility index (Phi) is 3.41. The number of hydrogen-bond donors (Lipinski definition) is 2. The highest BCUT2D eigenvalue weighted by molar-refractivity contribution is 7.80. The first kappa shape index (κ1) is 10.9. The van der Waals surface area contributed by atoms with E-state index in [9.17, 15) is 4.79 Å². The molecule has 1 aromatic rings. The summed E-state index contributed by atoms with van der Waals surface area (Å²) >= 11 is 4.13. The van der Waals surface area contributed by atoms with Crippen LogP contribution in [-0.2, 0) is 4.74 Å². The monoisotopic (exact) mass is 211 g/mol. The average Bonchev–Trinajstić information content (AvgIpc) is 2.00. The molecular formula is C10H13NO2S. The summed E-state index contributed by atoms with van der Waals surface area (Å²) in [5, 5.41) is 0. The van der Waals surface area contributed by atoms with E-state index < -0.39 is 11.5 Å². The van der Waals surface area contributed by atoms with Crippen LogP contribution in [0.3, 0.4) is 0 Å². The summed E-state index contributed by atoms with van der Waals surface area (Å²) in [6.45, 7) is 3.95. The predicted molar refractivity (Wildman–Crippen MR) is 58.3 cm³/mol. The average molecular weight is 211 g/mol. The summed E-state index contributed by atoms with van der Waals surface area (Å²) in [5.41, 5.74) is 7.35. The second-order valence-electron chi connectivity index (χ2n) is 3.21. The van der Waals surface area contributed by atoms with Gasteiger partial charge in [0.05, 0.1) is 0 Å². The Morgan fingerprint density at radius 3 is 2.29 bits per heavy atom. The molecule has 1 unspecified atom stereocenters. The molecular weight excluding hydrogens is 198 g/mol. The number of aryl methyl sites for hydroxylation is 2. The van der Waals surface area contributed by atoms with Crippen molar-refractivity contribution in [1.29, 1.82) is 0 Å². The summed E-state index contributed by atoms with van der Waals surface area (Å²) in [6, 6.07) is 5.86. The van der Waals surface area contributed by atoms with Crippen molar-refractivity contribution >= 4 is 18.7 Å². The molecule has 0 saturated carbocycles. The summed E-state index contributed by atoms with van der Waals surface area (Å²) in [7, 11) is 0. The molecule has 2 N–H and O–H groups in total. The third-order valence-corrected chi connectivity index (χ3v) is 2.16. The lowest BCUT2D eigenvalue weighted by Gasteiger charge is -2.12. The second-order valence-corrected chi connectivity index (χ2v) is 3.68.